The first kappa shape index (κ1) is 16.8. The van der Waals surface area contributed by atoms with E-state index >= 15 is 0 Å². The molecular formula is C14H24N4OS. The second kappa shape index (κ2) is 8.11. The number of aryl methyl sites for hydroxylation is 1. The van der Waals surface area contributed by atoms with Gasteiger partial charge in [-0.05, 0) is 32.3 Å². The molecule has 0 spiro atoms. The van der Waals surface area contributed by atoms with Gasteiger partial charge in [0.15, 0.2) is 5.82 Å². The van der Waals surface area contributed by atoms with E-state index in [-0.39, 0.29) is 6.10 Å². The highest BCUT2D eigenvalue weighted by molar-refractivity contribution is 7.80. The SMILES string of the molecule is CCc1nnc(NCCOC(C)C)c(C(N)=S)c1CC. The van der Waals surface area contributed by atoms with Crippen molar-refractivity contribution in [2.24, 2.45) is 5.73 Å². The smallest absolute Gasteiger partial charge is 0.159 e. The number of hydrogen-bond donors (Lipinski definition) is 2. The molecule has 0 amide bonds. The van der Waals surface area contributed by atoms with Gasteiger partial charge in [-0.1, -0.05) is 26.1 Å². The Hall–Kier alpha value is -1.27. The van der Waals surface area contributed by atoms with E-state index in [4.69, 9.17) is 22.7 Å². The summed E-state index contributed by atoms with van der Waals surface area (Å²) in [6.45, 7) is 9.39. The van der Waals surface area contributed by atoms with Crippen LogP contribution in [0.25, 0.3) is 0 Å². The van der Waals surface area contributed by atoms with Crippen molar-refractivity contribution < 1.29 is 4.74 Å². The lowest BCUT2D eigenvalue weighted by Crippen LogP contribution is -2.21. The second-order valence-electron chi connectivity index (χ2n) is 4.77. The number of ether oxygens (including phenoxy) is 1. The van der Waals surface area contributed by atoms with Crippen molar-refractivity contribution in [1.29, 1.82) is 0 Å². The summed E-state index contributed by atoms with van der Waals surface area (Å²) in [6.07, 6.45) is 1.87. The zero-order chi connectivity index (χ0) is 15.1. The van der Waals surface area contributed by atoms with E-state index in [0.29, 0.717) is 24.0 Å². The number of rotatable bonds is 8. The number of thiocarbonyl (C=S) groups is 1. The Balaban J connectivity index is 2.92. The molecule has 6 heteroatoms. The van der Waals surface area contributed by atoms with E-state index in [2.05, 4.69) is 29.4 Å². The van der Waals surface area contributed by atoms with Gasteiger partial charge in [-0.3, -0.25) is 0 Å². The molecule has 0 saturated carbocycles. The summed E-state index contributed by atoms with van der Waals surface area (Å²) in [5, 5.41) is 11.7. The summed E-state index contributed by atoms with van der Waals surface area (Å²) < 4.78 is 5.49. The van der Waals surface area contributed by atoms with Crippen LogP contribution in [0.1, 0.15) is 44.5 Å². The van der Waals surface area contributed by atoms with Gasteiger partial charge in [-0.2, -0.15) is 5.10 Å². The van der Waals surface area contributed by atoms with Gasteiger partial charge in [0, 0.05) is 6.54 Å². The molecule has 1 aromatic rings. The van der Waals surface area contributed by atoms with Gasteiger partial charge in [-0.25, -0.2) is 0 Å². The lowest BCUT2D eigenvalue weighted by atomic mass is 10.0. The van der Waals surface area contributed by atoms with Gasteiger partial charge in [0.2, 0.25) is 0 Å². The standard InChI is InChI=1S/C14H24N4OS/c1-5-10-11(6-2)17-18-14(12(10)13(15)20)16-7-8-19-9(3)4/h9H,5-8H2,1-4H3,(H2,15,20)(H,16,18). The molecule has 112 valence electrons. The molecule has 0 aromatic carbocycles. The van der Waals surface area contributed by atoms with Gasteiger partial charge in [0.25, 0.3) is 0 Å². The predicted molar refractivity (Wildman–Crippen MR) is 86.3 cm³/mol. The fourth-order valence-electron chi connectivity index (χ4n) is 2.03. The van der Waals surface area contributed by atoms with Crippen molar-refractivity contribution in [2.45, 2.75) is 46.6 Å². The first-order valence-corrected chi connectivity index (χ1v) is 7.45. The number of hydrogen-bond acceptors (Lipinski definition) is 5. The summed E-state index contributed by atoms with van der Waals surface area (Å²) in [5.41, 5.74) is 8.72. The summed E-state index contributed by atoms with van der Waals surface area (Å²) in [5.74, 6) is 0.652. The first-order valence-electron chi connectivity index (χ1n) is 7.04. The van der Waals surface area contributed by atoms with Gasteiger partial charge in [0.05, 0.1) is 24.0 Å². The third kappa shape index (κ3) is 4.38. The quantitative estimate of drug-likeness (QED) is 0.565. The van der Waals surface area contributed by atoms with E-state index in [9.17, 15) is 0 Å². The Bertz CT molecular complexity index is 463. The number of nitrogens with two attached hydrogens (primary N) is 1. The third-order valence-corrected chi connectivity index (χ3v) is 3.14. The zero-order valence-corrected chi connectivity index (χ0v) is 13.5. The van der Waals surface area contributed by atoms with E-state index in [1.54, 1.807) is 0 Å². The molecule has 1 rings (SSSR count). The van der Waals surface area contributed by atoms with Gasteiger partial charge >= 0.3 is 0 Å². The molecule has 1 aromatic heterocycles. The molecule has 0 aliphatic carbocycles. The molecule has 0 fully saturated rings. The van der Waals surface area contributed by atoms with E-state index < -0.39 is 0 Å². The summed E-state index contributed by atoms with van der Waals surface area (Å²) in [6, 6.07) is 0. The molecule has 0 saturated heterocycles. The van der Waals surface area contributed by atoms with Gasteiger partial charge < -0.3 is 15.8 Å². The minimum Gasteiger partial charge on any atom is -0.389 e. The Morgan fingerprint density at radius 2 is 2.00 bits per heavy atom. The van der Waals surface area contributed by atoms with Crippen molar-refractivity contribution in [3.63, 3.8) is 0 Å². The van der Waals surface area contributed by atoms with E-state index in [1.165, 1.54) is 0 Å². The number of anilines is 1. The van der Waals surface area contributed by atoms with Gasteiger partial charge in [-0.15, -0.1) is 5.10 Å². The van der Waals surface area contributed by atoms with Crippen LogP contribution in [-0.2, 0) is 17.6 Å². The summed E-state index contributed by atoms with van der Waals surface area (Å²) in [7, 11) is 0. The molecular weight excluding hydrogens is 272 g/mol. The van der Waals surface area contributed by atoms with Crippen molar-refractivity contribution >= 4 is 23.0 Å². The van der Waals surface area contributed by atoms with Crippen molar-refractivity contribution in [3.05, 3.63) is 16.8 Å². The maximum absolute atomic E-state index is 5.86. The summed E-state index contributed by atoms with van der Waals surface area (Å²) in [4.78, 5) is 0.360. The maximum atomic E-state index is 5.86. The Morgan fingerprint density at radius 1 is 1.30 bits per heavy atom. The van der Waals surface area contributed by atoms with Crippen molar-refractivity contribution in [3.8, 4) is 0 Å². The van der Waals surface area contributed by atoms with E-state index in [1.807, 2.05) is 13.8 Å². The highest BCUT2D eigenvalue weighted by Gasteiger charge is 2.16. The fraction of sp³-hybridized carbons (Fsp3) is 0.643. The zero-order valence-electron chi connectivity index (χ0n) is 12.7. The molecule has 3 N–H and O–H groups in total. The topological polar surface area (TPSA) is 73.1 Å². The van der Waals surface area contributed by atoms with Crippen LogP contribution in [0.2, 0.25) is 0 Å². The lowest BCUT2D eigenvalue weighted by molar-refractivity contribution is 0.0870. The van der Waals surface area contributed by atoms with Crippen LogP contribution in [0.15, 0.2) is 0 Å². The minimum absolute atomic E-state index is 0.214. The van der Waals surface area contributed by atoms with Crippen LogP contribution in [0.4, 0.5) is 5.82 Å². The van der Waals surface area contributed by atoms with Crippen LogP contribution < -0.4 is 11.1 Å². The van der Waals surface area contributed by atoms with Crippen LogP contribution in [-0.4, -0.2) is 34.4 Å². The van der Waals surface area contributed by atoms with Crippen LogP contribution in [0.5, 0.6) is 0 Å². The van der Waals surface area contributed by atoms with E-state index in [0.717, 1.165) is 29.7 Å². The molecule has 0 atom stereocenters. The minimum atomic E-state index is 0.214. The predicted octanol–water partition coefficient (Wildman–Crippen LogP) is 2.07. The average molecular weight is 296 g/mol. The number of nitrogens with zero attached hydrogens (tertiary/aromatic N) is 2. The molecule has 20 heavy (non-hydrogen) atoms. The molecule has 0 aliphatic heterocycles. The van der Waals surface area contributed by atoms with Crippen LogP contribution >= 0.6 is 12.2 Å². The monoisotopic (exact) mass is 296 g/mol. The Morgan fingerprint density at radius 3 is 2.50 bits per heavy atom. The molecule has 0 aliphatic rings. The summed E-state index contributed by atoms with van der Waals surface area (Å²) >= 11 is 5.17. The fourth-order valence-corrected chi connectivity index (χ4v) is 2.25. The Kier molecular flexibility index (Phi) is 6.81. The highest BCUT2D eigenvalue weighted by atomic mass is 32.1. The second-order valence-corrected chi connectivity index (χ2v) is 5.21. The maximum Gasteiger partial charge on any atom is 0.159 e. The highest BCUT2D eigenvalue weighted by Crippen LogP contribution is 2.20. The number of aromatic nitrogens is 2. The van der Waals surface area contributed by atoms with Crippen LogP contribution in [0, 0.1) is 0 Å². The number of nitrogens with one attached hydrogen (secondary N) is 1. The average Bonchev–Trinajstić information content (AvgIpc) is 2.41. The normalized spacial score (nSPS) is 10.8. The lowest BCUT2D eigenvalue weighted by Gasteiger charge is -2.16. The van der Waals surface area contributed by atoms with Gasteiger partial charge in [0.1, 0.15) is 4.99 Å². The first-order chi connectivity index (χ1) is 9.51. The Labute approximate surface area is 126 Å². The van der Waals surface area contributed by atoms with Crippen LogP contribution in [0.3, 0.4) is 0 Å². The largest absolute Gasteiger partial charge is 0.389 e. The third-order valence-electron chi connectivity index (χ3n) is 2.94. The molecule has 0 bridgehead atoms. The molecule has 5 nitrogen and oxygen atoms in total. The van der Waals surface area contributed by atoms with Crippen molar-refractivity contribution in [1.82, 2.24) is 10.2 Å². The molecule has 1 heterocycles. The van der Waals surface area contributed by atoms with Crippen molar-refractivity contribution in [2.75, 3.05) is 18.5 Å². The molecule has 0 radical (unpaired) electrons. The molecule has 0 unspecified atom stereocenters.